The maximum Gasteiger partial charge on any atom is 0.472 e. The third-order valence-electron chi connectivity index (χ3n) is 17.3. The molecule has 0 spiro atoms. The van der Waals surface area contributed by atoms with Gasteiger partial charge in [0.25, 0.3) is 0 Å². The maximum absolute atomic E-state index is 13.1. The first-order valence-corrected chi connectivity index (χ1v) is 41.0. The first-order chi connectivity index (χ1) is 44.4. The number of phosphoric ester groups is 2. The first-order valence-electron chi connectivity index (χ1n) is 38.0. The predicted octanol–water partition coefficient (Wildman–Crippen LogP) is 21.2. The van der Waals surface area contributed by atoms with Crippen molar-refractivity contribution in [3.8, 4) is 0 Å². The van der Waals surface area contributed by atoms with Crippen molar-refractivity contribution in [3.63, 3.8) is 0 Å². The van der Waals surface area contributed by atoms with Crippen molar-refractivity contribution in [1.82, 2.24) is 0 Å². The highest BCUT2D eigenvalue weighted by molar-refractivity contribution is 7.47. The zero-order valence-corrected chi connectivity index (χ0v) is 61.6. The van der Waals surface area contributed by atoms with Gasteiger partial charge in [-0.05, 0) is 37.5 Å². The van der Waals surface area contributed by atoms with Gasteiger partial charge >= 0.3 is 39.5 Å². The van der Waals surface area contributed by atoms with E-state index in [2.05, 4.69) is 41.5 Å². The largest absolute Gasteiger partial charge is 0.472 e. The molecule has 0 aromatic carbocycles. The first kappa shape index (κ1) is 90.1. The van der Waals surface area contributed by atoms with Crippen LogP contribution < -0.4 is 0 Å². The van der Waals surface area contributed by atoms with Gasteiger partial charge in [0.2, 0.25) is 0 Å². The molecule has 0 aliphatic carbocycles. The lowest BCUT2D eigenvalue weighted by Crippen LogP contribution is -2.30. The Morgan fingerprint density at radius 1 is 0.315 bits per heavy atom. The van der Waals surface area contributed by atoms with Crippen molar-refractivity contribution >= 4 is 39.5 Å². The van der Waals surface area contributed by atoms with E-state index in [9.17, 15) is 43.2 Å². The van der Waals surface area contributed by atoms with Crippen molar-refractivity contribution in [3.05, 3.63) is 0 Å². The minimum Gasteiger partial charge on any atom is -0.462 e. The molecule has 0 saturated heterocycles. The smallest absolute Gasteiger partial charge is 0.462 e. The third kappa shape index (κ3) is 65.4. The molecular weight excluding hydrogens is 1210 g/mol. The van der Waals surface area contributed by atoms with Crippen LogP contribution in [0.4, 0.5) is 0 Å². The molecule has 0 fully saturated rings. The van der Waals surface area contributed by atoms with Gasteiger partial charge in [0.15, 0.2) is 12.2 Å². The molecule has 0 radical (unpaired) electrons. The fraction of sp³-hybridized carbons (Fsp3) is 0.945. The number of carbonyl (C=O) groups is 4. The van der Waals surface area contributed by atoms with Gasteiger partial charge < -0.3 is 33.8 Å². The van der Waals surface area contributed by atoms with Crippen LogP contribution in [0.3, 0.4) is 0 Å². The molecule has 6 atom stereocenters. The van der Waals surface area contributed by atoms with Crippen LogP contribution in [0.25, 0.3) is 0 Å². The summed E-state index contributed by atoms with van der Waals surface area (Å²) in [5, 5.41) is 10.6. The Balaban J connectivity index is 5.26. The molecule has 0 aliphatic rings. The van der Waals surface area contributed by atoms with E-state index in [0.29, 0.717) is 25.7 Å². The number of esters is 4. The molecule has 0 saturated carbocycles. The normalized spacial score (nSPS) is 14.4. The van der Waals surface area contributed by atoms with Crippen molar-refractivity contribution < 1.29 is 80.2 Å². The molecule has 0 aromatic rings. The summed E-state index contributed by atoms with van der Waals surface area (Å²) < 4.78 is 68.4. The van der Waals surface area contributed by atoms with E-state index in [1.807, 2.05) is 0 Å². The molecule has 3 N–H and O–H groups in total. The number of aliphatic hydroxyl groups is 1. The highest BCUT2D eigenvalue weighted by atomic mass is 31.2. The van der Waals surface area contributed by atoms with E-state index in [4.69, 9.17) is 37.0 Å². The predicted molar refractivity (Wildman–Crippen MR) is 372 cm³/mol. The minimum atomic E-state index is -4.95. The summed E-state index contributed by atoms with van der Waals surface area (Å²) in [6.07, 6.45) is 51.2. The van der Waals surface area contributed by atoms with Crippen LogP contribution in [0.1, 0.15) is 375 Å². The SMILES string of the molecule is CCCCCCCCCCCCCCCCC(=O)OC[C@H](COP(=O)(O)OC[C@@H](O)COP(=O)(O)OC[C@@H](COC(=O)CCCCCCCCC(C)CC)OC(=O)CCCCCCCCCCCCCCCC)OC(=O)CCCCCCCCCCCCCC(C)C. The molecule has 0 rings (SSSR count). The summed E-state index contributed by atoms with van der Waals surface area (Å²) in [6, 6.07) is 0. The molecule has 0 heterocycles. The number of carbonyl (C=O) groups excluding carboxylic acids is 4. The Labute approximate surface area is 562 Å². The second-order valence-corrected chi connectivity index (χ2v) is 30.0. The summed E-state index contributed by atoms with van der Waals surface area (Å²) >= 11 is 0. The molecule has 0 aromatic heterocycles. The quantitative estimate of drug-likeness (QED) is 0.0222. The van der Waals surface area contributed by atoms with Crippen LogP contribution in [0.15, 0.2) is 0 Å². The summed E-state index contributed by atoms with van der Waals surface area (Å²) in [4.78, 5) is 72.7. The minimum absolute atomic E-state index is 0.107. The van der Waals surface area contributed by atoms with E-state index < -0.39 is 97.5 Å². The number of rotatable bonds is 72. The van der Waals surface area contributed by atoms with Crippen LogP contribution >= 0.6 is 15.6 Å². The van der Waals surface area contributed by atoms with E-state index in [-0.39, 0.29) is 25.7 Å². The van der Waals surface area contributed by atoms with Gasteiger partial charge in [-0.25, -0.2) is 9.13 Å². The van der Waals surface area contributed by atoms with Gasteiger partial charge in [0, 0.05) is 25.7 Å². The molecule has 92 heavy (non-hydrogen) atoms. The summed E-state index contributed by atoms with van der Waals surface area (Å²) in [5.41, 5.74) is 0. The van der Waals surface area contributed by atoms with Gasteiger partial charge in [-0.2, -0.15) is 0 Å². The van der Waals surface area contributed by atoms with Gasteiger partial charge in [0.05, 0.1) is 26.4 Å². The van der Waals surface area contributed by atoms with Gasteiger partial charge in [-0.15, -0.1) is 0 Å². The lowest BCUT2D eigenvalue weighted by Gasteiger charge is -2.21. The number of ether oxygens (including phenoxy) is 4. The molecule has 546 valence electrons. The van der Waals surface area contributed by atoms with E-state index in [0.717, 1.165) is 108 Å². The topological polar surface area (TPSA) is 237 Å². The number of hydrogen-bond acceptors (Lipinski definition) is 15. The average molecular weight is 1350 g/mol. The van der Waals surface area contributed by atoms with Gasteiger partial charge in [-0.3, -0.25) is 37.3 Å². The molecule has 3 unspecified atom stereocenters. The number of aliphatic hydroxyl groups excluding tert-OH is 1. The van der Waals surface area contributed by atoms with Crippen molar-refractivity contribution in [2.45, 2.75) is 394 Å². The second kappa shape index (κ2) is 65.0. The lowest BCUT2D eigenvalue weighted by atomic mass is 10.00. The standard InChI is InChI=1S/C73H142O17P2/c1-7-10-12-14-16-18-20-22-24-28-32-36-43-49-55-70(75)83-61-68(89-73(78)58-52-46-38-34-30-26-27-31-35-41-47-53-65(4)5)63-87-91(79,80)85-59-67(74)60-86-92(81,82)88-64-69(62-84-71(76)56-50-44-40-39-42-48-54-66(6)9-3)90-72(77)57-51-45-37-33-29-25-23-21-19-17-15-13-11-8-2/h65-69,74H,7-64H2,1-6H3,(H,79,80)(H,81,82)/t66?,67-,68-,69-/m1/s1. The summed E-state index contributed by atoms with van der Waals surface area (Å²) in [6.45, 7) is 9.54. The number of unbranched alkanes of at least 4 members (excludes halogenated alkanes) is 41. The zero-order chi connectivity index (χ0) is 67.9. The van der Waals surface area contributed by atoms with E-state index in [1.54, 1.807) is 0 Å². The Morgan fingerprint density at radius 3 is 0.826 bits per heavy atom. The maximum atomic E-state index is 13.1. The summed E-state index contributed by atoms with van der Waals surface area (Å²) in [5.74, 6) is -0.622. The van der Waals surface area contributed by atoms with Crippen LogP contribution in [0.5, 0.6) is 0 Å². The average Bonchev–Trinajstić information content (AvgIpc) is 1.55. The van der Waals surface area contributed by atoms with Crippen molar-refractivity contribution in [2.24, 2.45) is 11.8 Å². The highest BCUT2D eigenvalue weighted by Crippen LogP contribution is 2.45. The number of phosphoric acid groups is 2. The van der Waals surface area contributed by atoms with Crippen LogP contribution in [0, 0.1) is 11.8 Å². The number of hydrogen-bond donors (Lipinski definition) is 3. The van der Waals surface area contributed by atoms with Gasteiger partial charge in [0.1, 0.15) is 19.3 Å². The summed E-state index contributed by atoms with van der Waals surface area (Å²) in [7, 11) is -9.91. The third-order valence-corrected chi connectivity index (χ3v) is 19.2. The Morgan fingerprint density at radius 2 is 0.554 bits per heavy atom. The Hall–Kier alpha value is -1.94. The van der Waals surface area contributed by atoms with Crippen LogP contribution in [-0.4, -0.2) is 96.7 Å². The fourth-order valence-corrected chi connectivity index (χ4v) is 12.7. The van der Waals surface area contributed by atoms with Crippen LogP contribution in [0.2, 0.25) is 0 Å². The van der Waals surface area contributed by atoms with E-state index >= 15 is 0 Å². The zero-order valence-electron chi connectivity index (χ0n) is 59.9. The van der Waals surface area contributed by atoms with Gasteiger partial charge in [-0.1, -0.05) is 324 Å². The molecule has 17 nitrogen and oxygen atoms in total. The van der Waals surface area contributed by atoms with Crippen molar-refractivity contribution in [1.29, 1.82) is 0 Å². The Kier molecular flexibility index (Phi) is 63.7. The second-order valence-electron chi connectivity index (χ2n) is 27.1. The Bertz CT molecular complexity index is 1790. The highest BCUT2D eigenvalue weighted by Gasteiger charge is 2.30. The lowest BCUT2D eigenvalue weighted by molar-refractivity contribution is -0.161. The molecule has 19 heteroatoms. The van der Waals surface area contributed by atoms with Crippen molar-refractivity contribution in [2.75, 3.05) is 39.6 Å². The van der Waals surface area contributed by atoms with E-state index in [1.165, 1.54) is 186 Å². The fourth-order valence-electron chi connectivity index (χ4n) is 11.1. The molecule has 0 bridgehead atoms. The molecule has 0 amide bonds. The monoisotopic (exact) mass is 1350 g/mol. The molecule has 0 aliphatic heterocycles. The van der Waals surface area contributed by atoms with Crippen LogP contribution in [-0.2, 0) is 65.4 Å². The molecular formula is C73H142O17P2.